The average Bonchev–Trinajstić information content (AvgIpc) is 3.24. The van der Waals surface area contributed by atoms with Gasteiger partial charge in [0.05, 0.1) is 38.1 Å². The third-order valence-corrected chi connectivity index (χ3v) is 4.82. The van der Waals surface area contributed by atoms with E-state index in [0.717, 1.165) is 5.69 Å². The lowest BCUT2D eigenvalue weighted by Gasteiger charge is -2.12. The van der Waals surface area contributed by atoms with Crippen LogP contribution in [-0.4, -0.2) is 39.5 Å². The molecule has 0 spiro atoms. The number of nitrogens with one attached hydrogen (secondary N) is 1. The van der Waals surface area contributed by atoms with Crippen LogP contribution in [0.15, 0.2) is 65.8 Å². The van der Waals surface area contributed by atoms with Gasteiger partial charge >= 0.3 is 0 Å². The minimum absolute atomic E-state index is 0.0924. The lowest BCUT2D eigenvalue weighted by Crippen LogP contribution is -2.23. The number of para-hydroxylation sites is 1. The summed E-state index contributed by atoms with van der Waals surface area (Å²) in [5.74, 6) is 0.855. The molecule has 0 aliphatic carbocycles. The third-order valence-electron chi connectivity index (χ3n) is 4.82. The molecule has 4 aromatic rings. The van der Waals surface area contributed by atoms with E-state index in [1.807, 2.05) is 30.3 Å². The van der Waals surface area contributed by atoms with Gasteiger partial charge in [-0.15, -0.1) is 0 Å². The second-order valence-corrected chi connectivity index (χ2v) is 6.74. The van der Waals surface area contributed by atoms with E-state index in [-0.39, 0.29) is 24.4 Å². The molecule has 0 atom stereocenters. The van der Waals surface area contributed by atoms with Crippen molar-refractivity contribution >= 4 is 22.6 Å². The summed E-state index contributed by atoms with van der Waals surface area (Å²) in [4.78, 5) is 29.6. The Balaban J connectivity index is 1.49. The van der Waals surface area contributed by atoms with Crippen LogP contribution in [-0.2, 0) is 11.3 Å². The number of anilines is 1. The van der Waals surface area contributed by atoms with Gasteiger partial charge in [0.2, 0.25) is 5.91 Å². The average molecular weight is 419 g/mol. The first-order chi connectivity index (χ1) is 15.1. The third kappa shape index (κ3) is 4.11. The number of benzene rings is 2. The standard InChI is InChI=1S/C22H21N5O4/c1-30-16-8-9-18(19(12-16)31-2)25-20(28)10-11-26-14-23-21-17(22(26)29)13-24-27(21)15-6-4-3-5-7-15/h3-9,12-14H,10-11H2,1-2H3,(H,25,28). The van der Waals surface area contributed by atoms with Gasteiger partial charge in [-0.25, -0.2) is 9.67 Å². The van der Waals surface area contributed by atoms with E-state index >= 15 is 0 Å². The predicted octanol–water partition coefficient (Wildman–Crippen LogP) is 2.63. The number of amides is 1. The number of nitrogens with zero attached hydrogens (tertiary/aromatic N) is 4. The number of methoxy groups -OCH3 is 2. The van der Waals surface area contributed by atoms with Gasteiger partial charge in [-0.2, -0.15) is 5.10 Å². The van der Waals surface area contributed by atoms with Gasteiger partial charge in [-0.05, 0) is 24.3 Å². The Hall–Kier alpha value is -4.14. The number of aryl methyl sites for hydroxylation is 1. The summed E-state index contributed by atoms with van der Waals surface area (Å²) in [5.41, 5.74) is 1.57. The fourth-order valence-electron chi connectivity index (χ4n) is 3.20. The molecule has 0 bridgehead atoms. The molecule has 1 amide bonds. The molecule has 1 N–H and O–H groups in total. The van der Waals surface area contributed by atoms with Gasteiger partial charge in [-0.1, -0.05) is 18.2 Å². The summed E-state index contributed by atoms with van der Waals surface area (Å²) in [7, 11) is 3.07. The molecule has 0 radical (unpaired) electrons. The number of aromatic nitrogens is 4. The molecule has 0 aliphatic heterocycles. The van der Waals surface area contributed by atoms with Crippen LogP contribution in [0.4, 0.5) is 5.69 Å². The zero-order valence-electron chi connectivity index (χ0n) is 17.1. The smallest absolute Gasteiger partial charge is 0.264 e. The quantitative estimate of drug-likeness (QED) is 0.494. The van der Waals surface area contributed by atoms with Gasteiger partial charge in [-0.3, -0.25) is 14.2 Å². The fraction of sp³-hybridized carbons (Fsp3) is 0.182. The Bertz CT molecular complexity index is 1280. The number of carbonyl (C=O) groups is 1. The Morgan fingerprint density at radius 2 is 1.90 bits per heavy atom. The van der Waals surface area contributed by atoms with Crippen LogP contribution in [0, 0.1) is 0 Å². The molecule has 9 heteroatoms. The number of ether oxygens (including phenoxy) is 2. The molecule has 158 valence electrons. The van der Waals surface area contributed by atoms with E-state index in [4.69, 9.17) is 9.47 Å². The van der Waals surface area contributed by atoms with Crippen molar-refractivity contribution in [3.8, 4) is 17.2 Å². The molecular weight excluding hydrogens is 398 g/mol. The second kappa shape index (κ2) is 8.70. The number of fused-ring (bicyclic) bond motifs is 1. The largest absolute Gasteiger partial charge is 0.497 e. The summed E-state index contributed by atoms with van der Waals surface area (Å²) in [6, 6.07) is 14.6. The van der Waals surface area contributed by atoms with Crippen LogP contribution < -0.4 is 20.3 Å². The molecule has 2 aromatic carbocycles. The normalized spacial score (nSPS) is 10.8. The van der Waals surface area contributed by atoms with Gasteiger partial charge in [0.25, 0.3) is 5.56 Å². The van der Waals surface area contributed by atoms with Crippen molar-refractivity contribution in [2.45, 2.75) is 13.0 Å². The van der Waals surface area contributed by atoms with Crippen LogP contribution in [0.25, 0.3) is 16.7 Å². The van der Waals surface area contributed by atoms with Gasteiger partial charge < -0.3 is 14.8 Å². The van der Waals surface area contributed by atoms with Crippen LogP contribution in [0.2, 0.25) is 0 Å². The minimum Gasteiger partial charge on any atom is -0.497 e. The topological polar surface area (TPSA) is 100 Å². The van der Waals surface area contributed by atoms with Crippen LogP contribution in [0.3, 0.4) is 0 Å². The molecule has 0 saturated heterocycles. The Morgan fingerprint density at radius 3 is 2.65 bits per heavy atom. The first-order valence-corrected chi connectivity index (χ1v) is 9.61. The van der Waals surface area contributed by atoms with E-state index in [0.29, 0.717) is 28.2 Å². The highest BCUT2D eigenvalue weighted by Crippen LogP contribution is 2.29. The van der Waals surface area contributed by atoms with E-state index in [2.05, 4.69) is 15.4 Å². The minimum atomic E-state index is -0.254. The fourth-order valence-corrected chi connectivity index (χ4v) is 3.20. The molecule has 2 aromatic heterocycles. The zero-order chi connectivity index (χ0) is 21.8. The molecular formula is C22H21N5O4. The van der Waals surface area contributed by atoms with E-state index < -0.39 is 0 Å². The first kappa shape index (κ1) is 20.1. The van der Waals surface area contributed by atoms with Crippen molar-refractivity contribution < 1.29 is 14.3 Å². The summed E-state index contributed by atoms with van der Waals surface area (Å²) in [6.45, 7) is 0.183. The molecule has 31 heavy (non-hydrogen) atoms. The summed E-state index contributed by atoms with van der Waals surface area (Å²) >= 11 is 0. The lowest BCUT2D eigenvalue weighted by molar-refractivity contribution is -0.116. The van der Waals surface area contributed by atoms with Gasteiger partial charge in [0.15, 0.2) is 5.65 Å². The number of hydrogen-bond donors (Lipinski definition) is 1. The number of hydrogen-bond acceptors (Lipinski definition) is 6. The van der Waals surface area contributed by atoms with E-state index in [1.165, 1.54) is 24.2 Å². The summed E-state index contributed by atoms with van der Waals surface area (Å²) in [6.07, 6.45) is 3.03. The second-order valence-electron chi connectivity index (χ2n) is 6.74. The maximum absolute atomic E-state index is 12.8. The monoisotopic (exact) mass is 419 g/mol. The highest BCUT2D eigenvalue weighted by atomic mass is 16.5. The Kier molecular flexibility index (Phi) is 5.65. The Labute approximate surface area is 177 Å². The summed E-state index contributed by atoms with van der Waals surface area (Å²) in [5, 5.41) is 7.47. The van der Waals surface area contributed by atoms with Crippen molar-refractivity contribution in [2.75, 3.05) is 19.5 Å². The first-order valence-electron chi connectivity index (χ1n) is 9.61. The van der Waals surface area contributed by atoms with E-state index in [1.54, 1.807) is 30.0 Å². The van der Waals surface area contributed by atoms with E-state index in [9.17, 15) is 9.59 Å². The highest BCUT2D eigenvalue weighted by molar-refractivity contribution is 5.92. The number of carbonyl (C=O) groups excluding carboxylic acids is 1. The lowest BCUT2D eigenvalue weighted by atomic mass is 10.2. The molecule has 9 nitrogen and oxygen atoms in total. The molecule has 0 unspecified atom stereocenters. The van der Waals surface area contributed by atoms with Crippen molar-refractivity contribution in [1.29, 1.82) is 0 Å². The van der Waals surface area contributed by atoms with Crippen molar-refractivity contribution in [1.82, 2.24) is 19.3 Å². The molecule has 4 rings (SSSR count). The van der Waals surface area contributed by atoms with Crippen LogP contribution in [0.1, 0.15) is 6.42 Å². The van der Waals surface area contributed by atoms with Crippen LogP contribution >= 0.6 is 0 Å². The van der Waals surface area contributed by atoms with Crippen molar-refractivity contribution in [2.24, 2.45) is 0 Å². The molecule has 0 saturated carbocycles. The number of rotatable bonds is 7. The predicted molar refractivity (Wildman–Crippen MR) is 116 cm³/mol. The van der Waals surface area contributed by atoms with Crippen molar-refractivity contribution in [3.63, 3.8) is 0 Å². The van der Waals surface area contributed by atoms with Crippen molar-refractivity contribution in [3.05, 3.63) is 71.4 Å². The molecule has 2 heterocycles. The highest BCUT2D eigenvalue weighted by Gasteiger charge is 2.13. The SMILES string of the molecule is COc1ccc(NC(=O)CCn2cnc3c(cnn3-c3ccccc3)c2=O)c(OC)c1. The molecule has 0 aliphatic rings. The summed E-state index contributed by atoms with van der Waals surface area (Å²) < 4.78 is 13.5. The maximum Gasteiger partial charge on any atom is 0.264 e. The van der Waals surface area contributed by atoms with Gasteiger partial charge in [0, 0.05) is 19.0 Å². The maximum atomic E-state index is 12.8. The molecule has 0 fully saturated rings. The van der Waals surface area contributed by atoms with Gasteiger partial charge in [0.1, 0.15) is 16.9 Å². The zero-order valence-corrected chi connectivity index (χ0v) is 17.1. The Morgan fingerprint density at radius 1 is 1.10 bits per heavy atom. The van der Waals surface area contributed by atoms with Crippen LogP contribution in [0.5, 0.6) is 11.5 Å².